The van der Waals surface area contributed by atoms with E-state index in [1.54, 1.807) is 11.8 Å². The zero-order valence-corrected chi connectivity index (χ0v) is 8.81. The van der Waals surface area contributed by atoms with Gasteiger partial charge in [-0.1, -0.05) is 0 Å². The van der Waals surface area contributed by atoms with E-state index in [1.165, 1.54) is 0 Å². The van der Waals surface area contributed by atoms with Crippen molar-refractivity contribution in [2.24, 2.45) is 11.5 Å². The number of carbonyl (C=O) groups is 1. The Morgan fingerprint density at radius 1 is 1.62 bits per heavy atom. The molecule has 4 nitrogen and oxygen atoms in total. The van der Waals surface area contributed by atoms with Crippen LogP contribution in [0.4, 0.5) is 0 Å². The molecule has 0 bridgehead atoms. The first-order chi connectivity index (χ1) is 6.22. The quantitative estimate of drug-likeness (QED) is 0.451. The van der Waals surface area contributed by atoms with Crippen molar-refractivity contribution in [3.05, 3.63) is 0 Å². The predicted octanol–water partition coefficient (Wildman–Crippen LogP) is -0.0412. The van der Waals surface area contributed by atoms with Crippen molar-refractivity contribution in [3.63, 3.8) is 0 Å². The van der Waals surface area contributed by atoms with Gasteiger partial charge in [0.15, 0.2) is 0 Å². The topological polar surface area (TPSA) is 78.3 Å². The molecule has 0 saturated heterocycles. The normalized spacial score (nSPS) is 12.5. The largest absolute Gasteiger partial charge is 0.464 e. The second-order valence-electron chi connectivity index (χ2n) is 2.70. The van der Waals surface area contributed by atoms with Gasteiger partial charge in [0.25, 0.3) is 0 Å². The monoisotopic (exact) mass is 206 g/mol. The van der Waals surface area contributed by atoms with Crippen LogP contribution in [0.5, 0.6) is 0 Å². The zero-order chi connectivity index (χ0) is 10.1. The molecule has 0 spiro atoms. The van der Waals surface area contributed by atoms with Crippen molar-refractivity contribution < 1.29 is 9.53 Å². The molecular weight excluding hydrogens is 188 g/mol. The molecule has 13 heavy (non-hydrogen) atoms. The molecule has 0 amide bonds. The number of hydrogen-bond donors (Lipinski definition) is 2. The number of nitrogens with two attached hydrogens (primary N) is 2. The van der Waals surface area contributed by atoms with Crippen LogP contribution in [0.1, 0.15) is 12.8 Å². The van der Waals surface area contributed by atoms with Gasteiger partial charge >= 0.3 is 5.97 Å². The minimum absolute atomic E-state index is 0.317. The Kier molecular flexibility index (Phi) is 8.18. The number of carbonyl (C=O) groups excluding carboxylic acids is 1. The SMILES string of the molecule is CSCC[C@H](N)C(=O)OCCCN. The third kappa shape index (κ3) is 6.86. The molecule has 0 aromatic rings. The van der Waals surface area contributed by atoms with Crippen molar-refractivity contribution in [2.45, 2.75) is 18.9 Å². The van der Waals surface area contributed by atoms with Crippen molar-refractivity contribution in [1.29, 1.82) is 0 Å². The summed E-state index contributed by atoms with van der Waals surface area (Å²) in [6, 6.07) is -0.481. The van der Waals surface area contributed by atoms with Crippen LogP contribution < -0.4 is 11.5 Å². The number of hydrogen-bond acceptors (Lipinski definition) is 5. The summed E-state index contributed by atoms with van der Waals surface area (Å²) in [5.74, 6) is 0.565. The fraction of sp³-hybridized carbons (Fsp3) is 0.875. The molecule has 0 unspecified atom stereocenters. The standard InChI is InChI=1S/C8H18N2O2S/c1-13-6-3-7(10)8(11)12-5-2-4-9/h7H,2-6,9-10H2,1H3/t7-/m0/s1. The average molecular weight is 206 g/mol. The van der Waals surface area contributed by atoms with Crippen LogP contribution in [-0.4, -0.2) is 37.2 Å². The summed E-state index contributed by atoms with van der Waals surface area (Å²) in [4.78, 5) is 11.1. The fourth-order valence-electron chi connectivity index (χ4n) is 0.726. The highest BCUT2D eigenvalue weighted by molar-refractivity contribution is 7.98. The van der Waals surface area contributed by atoms with E-state index in [-0.39, 0.29) is 5.97 Å². The van der Waals surface area contributed by atoms with E-state index < -0.39 is 6.04 Å². The van der Waals surface area contributed by atoms with E-state index in [4.69, 9.17) is 16.2 Å². The van der Waals surface area contributed by atoms with Gasteiger partial charge in [-0.2, -0.15) is 11.8 Å². The summed E-state index contributed by atoms with van der Waals surface area (Å²) in [6.45, 7) is 0.912. The molecule has 0 aliphatic heterocycles. The fourth-order valence-corrected chi connectivity index (χ4v) is 1.22. The lowest BCUT2D eigenvalue weighted by atomic mass is 10.2. The van der Waals surface area contributed by atoms with E-state index >= 15 is 0 Å². The van der Waals surface area contributed by atoms with Crippen molar-refractivity contribution in [3.8, 4) is 0 Å². The van der Waals surface area contributed by atoms with Gasteiger partial charge in [0.1, 0.15) is 6.04 Å². The van der Waals surface area contributed by atoms with Crippen LogP contribution >= 0.6 is 11.8 Å². The Balaban J connectivity index is 3.45. The Hall–Kier alpha value is -0.260. The number of ether oxygens (including phenoxy) is 1. The van der Waals surface area contributed by atoms with Gasteiger partial charge in [-0.25, -0.2) is 0 Å². The summed E-state index contributed by atoms with van der Waals surface area (Å²) in [5.41, 5.74) is 10.8. The van der Waals surface area contributed by atoms with Crippen molar-refractivity contribution in [2.75, 3.05) is 25.2 Å². The number of rotatable bonds is 7. The molecule has 0 aromatic heterocycles. The molecule has 0 saturated carbocycles. The summed E-state index contributed by atoms with van der Waals surface area (Å²) < 4.78 is 4.89. The number of esters is 1. The number of thioether (sulfide) groups is 1. The molecule has 78 valence electrons. The van der Waals surface area contributed by atoms with Gasteiger partial charge in [0.05, 0.1) is 6.61 Å². The minimum Gasteiger partial charge on any atom is -0.464 e. The summed E-state index contributed by atoms with van der Waals surface area (Å²) >= 11 is 1.67. The molecule has 4 N–H and O–H groups in total. The molecule has 0 fully saturated rings. The third-order valence-electron chi connectivity index (χ3n) is 1.53. The molecule has 0 radical (unpaired) electrons. The lowest BCUT2D eigenvalue weighted by Gasteiger charge is -2.09. The second kappa shape index (κ2) is 8.34. The van der Waals surface area contributed by atoms with Gasteiger partial charge in [-0.15, -0.1) is 0 Å². The Labute approximate surface area is 83.4 Å². The zero-order valence-electron chi connectivity index (χ0n) is 7.99. The van der Waals surface area contributed by atoms with Gasteiger partial charge in [-0.3, -0.25) is 4.79 Å². The van der Waals surface area contributed by atoms with E-state index in [2.05, 4.69) is 0 Å². The molecule has 0 aliphatic carbocycles. The van der Waals surface area contributed by atoms with Crippen molar-refractivity contribution in [1.82, 2.24) is 0 Å². The maximum atomic E-state index is 11.1. The van der Waals surface area contributed by atoms with E-state index in [0.717, 1.165) is 5.75 Å². The van der Waals surface area contributed by atoms with E-state index in [9.17, 15) is 4.79 Å². The highest BCUT2D eigenvalue weighted by Gasteiger charge is 2.13. The van der Waals surface area contributed by atoms with Gasteiger partial charge in [-0.05, 0) is 31.4 Å². The highest BCUT2D eigenvalue weighted by Crippen LogP contribution is 2.00. The van der Waals surface area contributed by atoms with Crippen molar-refractivity contribution >= 4 is 17.7 Å². The Morgan fingerprint density at radius 3 is 2.85 bits per heavy atom. The first-order valence-corrected chi connectivity index (χ1v) is 5.73. The minimum atomic E-state index is -0.481. The average Bonchev–Trinajstić information content (AvgIpc) is 2.14. The molecule has 1 atom stereocenters. The van der Waals surface area contributed by atoms with Crippen LogP contribution in [-0.2, 0) is 9.53 Å². The first kappa shape index (κ1) is 12.7. The molecule has 0 aliphatic rings. The molecule has 0 aromatic carbocycles. The van der Waals surface area contributed by atoms with E-state index in [0.29, 0.717) is 26.0 Å². The van der Waals surface area contributed by atoms with Gasteiger partial charge < -0.3 is 16.2 Å². The Bertz CT molecular complexity index is 144. The second-order valence-corrected chi connectivity index (χ2v) is 3.68. The lowest BCUT2D eigenvalue weighted by molar-refractivity contribution is -0.145. The van der Waals surface area contributed by atoms with Crippen LogP contribution in [0.3, 0.4) is 0 Å². The maximum absolute atomic E-state index is 11.1. The van der Waals surface area contributed by atoms with Crippen LogP contribution in [0.25, 0.3) is 0 Å². The first-order valence-electron chi connectivity index (χ1n) is 4.33. The smallest absolute Gasteiger partial charge is 0.322 e. The predicted molar refractivity (Wildman–Crippen MR) is 55.6 cm³/mol. The molecule has 0 rings (SSSR count). The van der Waals surface area contributed by atoms with Gasteiger partial charge in [0, 0.05) is 0 Å². The summed E-state index contributed by atoms with van der Waals surface area (Å²) in [6.07, 6.45) is 3.34. The summed E-state index contributed by atoms with van der Waals surface area (Å²) in [7, 11) is 0. The Morgan fingerprint density at radius 2 is 2.31 bits per heavy atom. The van der Waals surface area contributed by atoms with Crippen LogP contribution in [0.15, 0.2) is 0 Å². The van der Waals surface area contributed by atoms with Gasteiger partial charge in [0.2, 0.25) is 0 Å². The summed E-state index contributed by atoms with van der Waals surface area (Å²) in [5, 5.41) is 0. The van der Waals surface area contributed by atoms with E-state index in [1.807, 2.05) is 6.26 Å². The van der Waals surface area contributed by atoms with Crippen LogP contribution in [0.2, 0.25) is 0 Å². The maximum Gasteiger partial charge on any atom is 0.322 e. The molecule has 0 heterocycles. The highest BCUT2D eigenvalue weighted by atomic mass is 32.2. The molecular formula is C8H18N2O2S. The van der Waals surface area contributed by atoms with Crippen LogP contribution in [0, 0.1) is 0 Å². The lowest BCUT2D eigenvalue weighted by Crippen LogP contribution is -2.33. The third-order valence-corrected chi connectivity index (χ3v) is 2.17. The molecule has 5 heteroatoms.